The van der Waals surface area contributed by atoms with Crippen LogP contribution in [0.4, 0.5) is 0 Å². The minimum atomic E-state index is -0.0115. The summed E-state index contributed by atoms with van der Waals surface area (Å²) in [7, 11) is 0. The van der Waals surface area contributed by atoms with Gasteiger partial charge < -0.3 is 11.1 Å². The van der Waals surface area contributed by atoms with Crippen LogP contribution in [0.2, 0.25) is 0 Å². The second-order valence-corrected chi connectivity index (χ2v) is 4.78. The Hall–Kier alpha value is -1.42. The number of pyridine rings is 1. The van der Waals surface area contributed by atoms with E-state index < -0.39 is 0 Å². The van der Waals surface area contributed by atoms with Crippen LogP contribution >= 0.6 is 0 Å². The van der Waals surface area contributed by atoms with Crippen molar-refractivity contribution in [2.45, 2.75) is 38.3 Å². The van der Waals surface area contributed by atoms with Crippen LogP contribution in [0.25, 0.3) is 0 Å². The molecular weight excluding hydrogens is 214 g/mol. The quantitative estimate of drug-likeness (QED) is 0.807. The molecule has 2 atom stereocenters. The van der Waals surface area contributed by atoms with Gasteiger partial charge in [0.2, 0.25) is 5.91 Å². The average molecular weight is 233 g/mol. The molecule has 4 nitrogen and oxygen atoms in total. The number of nitrogens with two attached hydrogens (primary N) is 1. The average Bonchev–Trinajstić information content (AvgIpc) is 3.13. The van der Waals surface area contributed by atoms with Crippen molar-refractivity contribution in [2.24, 2.45) is 11.7 Å². The zero-order valence-electron chi connectivity index (χ0n) is 10.1. The van der Waals surface area contributed by atoms with E-state index >= 15 is 0 Å². The van der Waals surface area contributed by atoms with Crippen molar-refractivity contribution < 1.29 is 4.79 Å². The molecule has 1 aliphatic rings. The summed E-state index contributed by atoms with van der Waals surface area (Å²) in [5.74, 6) is 0.593. The van der Waals surface area contributed by atoms with Crippen molar-refractivity contribution in [1.82, 2.24) is 10.3 Å². The first-order valence-electron chi connectivity index (χ1n) is 6.11. The summed E-state index contributed by atoms with van der Waals surface area (Å²) in [6.07, 6.45) is 6.27. The topological polar surface area (TPSA) is 68.0 Å². The fraction of sp³-hybridized carbons (Fsp3) is 0.538. The van der Waals surface area contributed by atoms with Crippen molar-refractivity contribution >= 4 is 5.91 Å². The Morgan fingerprint density at radius 2 is 2.41 bits per heavy atom. The smallest absolute Gasteiger partial charge is 0.222 e. The van der Waals surface area contributed by atoms with Gasteiger partial charge in [0, 0.05) is 24.9 Å². The van der Waals surface area contributed by atoms with Gasteiger partial charge in [-0.15, -0.1) is 0 Å². The molecular formula is C13H19N3O. The molecule has 0 bridgehead atoms. The molecule has 3 N–H and O–H groups in total. The normalized spacial score (nSPS) is 18.5. The van der Waals surface area contributed by atoms with Gasteiger partial charge in [-0.25, -0.2) is 0 Å². The molecule has 1 amide bonds. The molecule has 1 unspecified atom stereocenters. The number of hydrogen-bond acceptors (Lipinski definition) is 3. The second-order valence-electron chi connectivity index (χ2n) is 4.78. The number of aromatic nitrogens is 1. The highest BCUT2D eigenvalue weighted by atomic mass is 16.1. The Morgan fingerprint density at radius 3 is 3.00 bits per heavy atom. The predicted octanol–water partition coefficient (Wildman–Crippen LogP) is 1.39. The van der Waals surface area contributed by atoms with Crippen LogP contribution in [-0.2, 0) is 4.79 Å². The highest BCUT2D eigenvalue weighted by Gasteiger charge is 2.29. The molecule has 1 aromatic rings. The minimum absolute atomic E-state index is 0.0115. The third-order valence-corrected chi connectivity index (χ3v) is 3.21. The molecule has 4 heteroatoms. The molecule has 92 valence electrons. The molecule has 17 heavy (non-hydrogen) atoms. The SMILES string of the molecule is C[C@@H](NC(=O)CC(N)C1CC1)c1cccnc1. The maximum absolute atomic E-state index is 11.8. The molecule has 0 spiro atoms. The first kappa shape index (κ1) is 12.0. The fourth-order valence-electron chi connectivity index (χ4n) is 1.92. The van der Waals surface area contributed by atoms with Gasteiger partial charge in [-0.1, -0.05) is 6.07 Å². The van der Waals surface area contributed by atoms with Gasteiger partial charge in [0.25, 0.3) is 0 Å². The van der Waals surface area contributed by atoms with Crippen LogP contribution in [-0.4, -0.2) is 16.9 Å². The minimum Gasteiger partial charge on any atom is -0.349 e. The van der Waals surface area contributed by atoms with Gasteiger partial charge in [0.05, 0.1) is 6.04 Å². The molecule has 1 aliphatic carbocycles. The van der Waals surface area contributed by atoms with Crippen LogP contribution in [0.5, 0.6) is 0 Å². The Bertz CT molecular complexity index is 376. The fourth-order valence-corrected chi connectivity index (χ4v) is 1.92. The van der Waals surface area contributed by atoms with Crippen LogP contribution in [0.15, 0.2) is 24.5 Å². The van der Waals surface area contributed by atoms with Crippen molar-refractivity contribution in [3.05, 3.63) is 30.1 Å². The lowest BCUT2D eigenvalue weighted by atomic mass is 10.1. The van der Waals surface area contributed by atoms with Gasteiger partial charge in [-0.3, -0.25) is 9.78 Å². The molecule has 0 aliphatic heterocycles. The predicted molar refractivity (Wildman–Crippen MR) is 66.1 cm³/mol. The van der Waals surface area contributed by atoms with Crippen molar-refractivity contribution in [2.75, 3.05) is 0 Å². The first-order chi connectivity index (χ1) is 8.16. The number of nitrogens with zero attached hydrogens (tertiary/aromatic N) is 1. The van der Waals surface area contributed by atoms with E-state index in [0.717, 1.165) is 5.56 Å². The summed E-state index contributed by atoms with van der Waals surface area (Å²) in [5.41, 5.74) is 6.94. The Balaban J connectivity index is 1.81. The van der Waals surface area contributed by atoms with Crippen LogP contribution in [0, 0.1) is 5.92 Å². The van der Waals surface area contributed by atoms with E-state index in [4.69, 9.17) is 5.73 Å². The number of hydrogen-bond donors (Lipinski definition) is 2. The lowest BCUT2D eigenvalue weighted by Crippen LogP contribution is -2.34. The van der Waals surface area contributed by atoms with E-state index in [1.165, 1.54) is 12.8 Å². The van der Waals surface area contributed by atoms with Gasteiger partial charge in [0.15, 0.2) is 0 Å². The molecule has 0 aromatic carbocycles. The summed E-state index contributed by atoms with van der Waals surface area (Å²) in [5, 5.41) is 2.95. The number of amides is 1. The third kappa shape index (κ3) is 3.53. The number of rotatable bonds is 5. The van der Waals surface area contributed by atoms with Crippen molar-refractivity contribution in [1.29, 1.82) is 0 Å². The van der Waals surface area contributed by atoms with Crippen molar-refractivity contribution in [3.8, 4) is 0 Å². The van der Waals surface area contributed by atoms with Crippen LogP contribution in [0.3, 0.4) is 0 Å². The van der Waals surface area contributed by atoms with E-state index in [9.17, 15) is 4.79 Å². The van der Waals surface area contributed by atoms with Crippen molar-refractivity contribution in [3.63, 3.8) is 0 Å². The maximum Gasteiger partial charge on any atom is 0.222 e. The lowest BCUT2D eigenvalue weighted by Gasteiger charge is -2.16. The summed E-state index contributed by atoms with van der Waals surface area (Å²) >= 11 is 0. The zero-order chi connectivity index (χ0) is 12.3. The number of carbonyl (C=O) groups excluding carboxylic acids is 1. The molecule has 1 aromatic heterocycles. The van der Waals surface area contributed by atoms with Crippen LogP contribution in [0.1, 0.15) is 37.8 Å². The van der Waals surface area contributed by atoms with Gasteiger partial charge in [0.1, 0.15) is 0 Å². The molecule has 1 fully saturated rings. The van der Waals surface area contributed by atoms with Crippen LogP contribution < -0.4 is 11.1 Å². The van der Waals surface area contributed by atoms with E-state index in [-0.39, 0.29) is 18.0 Å². The largest absolute Gasteiger partial charge is 0.349 e. The first-order valence-corrected chi connectivity index (χ1v) is 6.11. The Morgan fingerprint density at radius 1 is 1.65 bits per heavy atom. The molecule has 1 saturated carbocycles. The molecule has 0 radical (unpaired) electrons. The lowest BCUT2D eigenvalue weighted by molar-refractivity contribution is -0.122. The summed E-state index contributed by atoms with van der Waals surface area (Å²) in [6, 6.07) is 3.84. The summed E-state index contributed by atoms with van der Waals surface area (Å²) < 4.78 is 0. The van der Waals surface area contributed by atoms with Gasteiger partial charge in [-0.05, 0) is 37.3 Å². The Labute approximate surface area is 102 Å². The number of nitrogens with one attached hydrogen (secondary N) is 1. The highest BCUT2D eigenvalue weighted by molar-refractivity contribution is 5.77. The maximum atomic E-state index is 11.8. The van der Waals surface area contributed by atoms with E-state index in [2.05, 4.69) is 10.3 Å². The standard InChI is InChI=1S/C13H19N3O/c1-9(11-3-2-6-15-8-11)16-13(17)7-12(14)10-4-5-10/h2-3,6,8-10,12H,4-5,7,14H2,1H3,(H,16,17)/t9-,12?/m1/s1. The van der Waals surface area contributed by atoms with E-state index in [0.29, 0.717) is 12.3 Å². The third-order valence-electron chi connectivity index (χ3n) is 3.21. The summed E-state index contributed by atoms with van der Waals surface area (Å²) in [4.78, 5) is 15.8. The highest BCUT2D eigenvalue weighted by Crippen LogP contribution is 2.32. The zero-order valence-corrected chi connectivity index (χ0v) is 10.1. The second kappa shape index (κ2) is 5.27. The van der Waals surface area contributed by atoms with Gasteiger partial charge in [-0.2, -0.15) is 0 Å². The molecule has 2 rings (SSSR count). The van der Waals surface area contributed by atoms with E-state index in [1.54, 1.807) is 12.4 Å². The summed E-state index contributed by atoms with van der Waals surface area (Å²) in [6.45, 7) is 1.96. The molecule has 0 saturated heterocycles. The number of carbonyl (C=O) groups is 1. The monoisotopic (exact) mass is 233 g/mol. The van der Waals surface area contributed by atoms with E-state index in [1.807, 2.05) is 19.1 Å². The molecule has 1 heterocycles. The van der Waals surface area contributed by atoms with Gasteiger partial charge >= 0.3 is 0 Å². The Kier molecular flexibility index (Phi) is 3.74.